The van der Waals surface area contributed by atoms with E-state index in [1.54, 1.807) is 0 Å². The Morgan fingerprint density at radius 2 is 2.11 bits per heavy atom. The van der Waals surface area contributed by atoms with Gasteiger partial charge in [0.25, 0.3) is 0 Å². The van der Waals surface area contributed by atoms with Crippen LogP contribution in [-0.4, -0.2) is 26.2 Å². The molecule has 100 valence electrons. The molecular formula is C13H23N5. The first kappa shape index (κ1) is 12.1. The standard InChI is InChI=1S/C13H23N5/c1-3-10-4-7-12(9(10)2)18-13(15-16-17-18)8-14-11-5-6-11/h9-12,14H,3-8H2,1-2H3. The van der Waals surface area contributed by atoms with Crippen LogP contribution in [0.3, 0.4) is 0 Å². The molecule has 0 saturated heterocycles. The first-order chi connectivity index (χ1) is 8.79. The molecule has 2 fully saturated rings. The predicted molar refractivity (Wildman–Crippen MR) is 68.9 cm³/mol. The van der Waals surface area contributed by atoms with Crippen molar-refractivity contribution in [2.45, 2.75) is 64.6 Å². The molecule has 0 radical (unpaired) electrons. The molecule has 0 aliphatic heterocycles. The van der Waals surface area contributed by atoms with Gasteiger partial charge in [-0.15, -0.1) is 5.10 Å². The van der Waals surface area contributed by atoms with E-state index in [1.807, 2.05) is 0 Å². The number of rotatable bonds is 5. The summed E-state index contributed by atoms with van der Waals surface area (Å²) in [6, 6.07) is 1.21. The summed E-state index contributed by atoms with van der Waals surface area (Å²) in [5, 5.41) is 15.8. The Hall–Kier alpha value is -0.970. The zero-order valence-electron chi connectivity index (χ0n) is 11.3. The van der Waals surface area contributed by atoms with Crippen LogP contribution in [-0.2, 0) is 6.54 Å². The summed E-state index contributed by atoms with van der Waals surface area (Å²) in [7, 11) is 0. The van der Waals surface area contributed by atoms with Crippen molar-refractivity contribution >= 4 is 0 Å². The molecule has 2 aliphatic rings. The van der Waals surface area contributed by atoms with Crippen molar-refractivity contribution in [1.82, 2.24) is 25.5 Å². The number of aromatic nitrogens is 4. The maximum Gasteiger partial charge on any atom is 0.165 e. The van der Waals surface area contributed by atoms with Crippen molar-refractivity contribution in [3.05, 3.63) is 5.82 Å². The third-order valence-electron chi connectivity index (χ3n) is 4.71. The second kappa shape index (κ2) is 4.96. The SMILES string of the molecule is CCC1CCC(n2nnnc2CNC2CC2)C1C. The van der Waals surface area contributed by atoms with Gasteiger partial charge in [0, 0.05) is 6.04 Å². The Kier molecular flexibility index (Phi) is 3.33. The first-order valence-electron chi connectivity index (χ1n) is 7.29. The first-order valence-corrected chi connectivity index (χ1v) is 7.29. The molecule has 18 heavy (non-hydrogen) atoms. The average molecular weight is 249 g/mol. The van der Waals surface area contributed by atoms with Gasteiger partial charge in [-0.3, -0.25) is 0 Å². The lowest BCUT2D eigenvalue weighted by Crippen LogP contribution is -2.23. The lowest BCUT2D eigenvalue weighted by Gasteiger charge is -2.20. The Morgan fingerprint density at radius 1 is 1.28 bits per heavy atom. The van der Waals surface area contributed by atoms with E-state index in [0.29, 0.717) is 18.0 Å². The maximum absolute atomic E-state index is 4.23. The Bertz CT molecular complexity index is 398. The molecule has 2 aliphatic carbocycles. The minimum absolute atomic E-state index is 0.501. The second-order valence-electron chi connectivity index (χ2n) is 5.87. The zero-order valence-corrected chi connectivity index (χ0v) is 11.3. The maximum atomic E-state index is 4.23. The van der Waals surface area contributed by atoms with Gasteiger partial charge in [-0.1, -0.05) is 20.3 Å². The fraction of sp³-hybridized carbons (Fsp3) is 0.923. The summed E-state index contributed by atoms with van der Waals surface area (Å²) in [5.74, 6) is 2.54. The number of hydrogen-bond donors (Lipinski definition) is 1. The molecule has 5 nitrogen and oxygen atoms in total. The van der Waals surface area contributed by atoms with Crippen molar-refractivity contribution in [3.63, 3.8) is 0 Å². The van der Waals surface area contributed by atoms with Crippen LogP contribution in [0.1, 0.15) is 57.8 Å². The van der Waals surface area contributed by atoms with Gasteiger partial charge in [0.2, 0.25) is 0 Å². The number of tetrazole rings is 1. The molecule has 2 saturated carbocycles. The molecule has 3 rings (SSSR count). The number of hydrogen-bond acceptors (Lipinski definition) is 4. The van der Waals surface area contributed by atoms with Crippen molar-refractivity contribution < 1.29 is 0 Å². The highest BCUT2D eigenvalue weighted by molar-refractivity contribution is 4.93. The number of nitrogens with one attached hydrogen (secondary N) is 1. The molecule has 0 aromatic carbocycles. The van der Waals surface area contributed by atoms with E-state index in [2.05, 4.69) is 39.4 Å². The van der Waals surface area contributed by atoms with E-state index >= 15 is 0 Å². The van der Waals surface area contributed by atoms with Crippen molar-refractivity contribution in [2.75, 3.05) is 0 Å². The number of nitrogens with zero attached hydrogens (tertiary/aromatic N) is 4. The minimum atomic E-state index is 0.501. The quantitative estimate of drug-likeness (QED) is 0.866. The molecule has 3 unspecified atom stereocenters. The van der Waals surface area contributed by atoms with Crippen LogP contribution in [0, 0.1) is 11.8 Å². The van der Waals surface area contributed by atoms with Gasteiger partial charge in [0.05, 0.1) is 12.6 Å². The molecule has 0 spiro atoms. The van der Waals surface area contributed by atoms with Crippen LogP contribution >= 0.6 is 0 Å². The molecule has 5 heteroatoms. The van der Waals surface area contributed by atoms with Gasteiger partial charge in [-0.2, -0.15) is 0 Å². The Balaban J connectivity index is 1.69. The second-order valence-corrected chi connectivity index (χ2v) is 5.87. The molecule has 1 aromatic heterocycles. The van der Waals surface area contributed by atoms with E-state index in [1.165, 1.54) is 32.1 Å². The zero-order chi connectivity index (χ0) is 12.5. The Morgan fingerprint density at radius 3 is 2.78 bits per heavy atom. The topological polar surface area (TPSA) is 55.6 Å². The van der Waals surface area contributed by atoms with Crippen LogP contribution < -0.4 is 5.32 Å². The molecular weight excluding hydrogens is 226 g/mol. The van der Waals surface area contributed by atoms with Crippen LogP contribution in [0.4, 0.5) is 0 Å². The smallest absolute Gasteiger partial charge is 0.165 e. The summed E-state index contributed by atoms with van der Waals surface area (Å²) in [6.45, 7) is 5.46. The lowest BCUT2D eigenvalue weighted by molar-refractivity contribution is 0.300. The largest absolute Gasteiger partial charge is 0.307 e. The van der Waals surface area contributed by atoms with Crippen LogP contribution in [0.25, 0.3) is 0 Å². The minimum Gasteiger partial charge on any atom is -0.307 e. The summed E-state index contributed by atoms with van der Waals surface area (Å²) in [4.78, 5) is 0. The molecule has 1 heterocycles. The van der Waals surface area contributed by atoms with Crippen molar-refractivity contribution in [1.29, 1.82) is 0 Å². The van der Waals surface area contributed by atoms with Gasteiger partial charge in [-0.25, -0.2) is 4.68 Å². The van der Waals surface area contributed by atoms with E-state index in [-0.39, 0.29) is 0 Å². The van der Waals surface area contributed by atoms with Gasteiger partial charge < -0.3 is 5.32 Å². The average Bonchev–Trinajstić information content (AvgIpc) is 2.97. The highest BCUT2D eigenvalue weighted by Crippen LogP contribution is 2.41. The fourth-order valence-corrected chi connectivity index (χ4v) is 3.26. The van der Waals surface area contributed by atoms with Crippen LogP contribution in [0.5, 0.6) is 0 Å². The van der Waals surface area contributed by atoms with Crippen LogP contribution in [0.2, 0.25) is 0 Å². The third-order valence-corrected chi connectivity index (χ3v) is 4.71. The Labute approximate surface area is 108 Å². The van der Waals surface area contributed by atoms with Gasteiger partial charge in [-0.05, 0) is 47.9 Å². The van der Waals surface area contributed by atoms with Crippen molar-refractivity contribution in [2.24, 2.45) is 11.8 Å². The van der Waals surface area contributed by atoms with Gasteiger partial charge in [0.15, 0.2) is 5.82 Å². The van der Waals surface area contributed by atoms with E-state index < -0.39 is 0 Å². The summed E-state index contributed by atoms with van der Waals surface area (Å²) < 4.78 is 2.08. The predicted octanol–water partition coefficient (Wildman–Crippen LogP) is 1.92. The summed E-state index contributed by atoms with van der Waals surface area (Å²) >= 11 is 0. The van der Waals surface area contributed by atoms with Crippen LogP contribution in [0.15, 0.2) is 0 Å². The fourth-order valence-electron chi connectivity index (χ4n) is 3.26. The summed E-state index contributed by atoms with van der Waals surface area (Å²) in [6.07, 6.45) is 6.42. The lowest BCUT2D eigenvalue weighted by atomic mass is 9.93. The summed E-state index contributed by atoms with van der Waals surface area (Å²) in [5.41, 5.74) is 0. The van der Waals surface area contributed by atoms with E-state index in [0.717, 1.165) is 18.3 Å². The monoisotopic (exact) mass is 249 g/mol. The molecule has 1 aromatic rings. The van der Waals surface area contributed by atoms with E-state index in [9.17, 15) is 0 Å². The van der Waals surface area contributed by atoms with Gasteiger partial charge >= 0.3 is 0 Å². The molecule has 0 bridgehead atoms. The third kappa shape index (κ3) is 2.28. The normalized spacial score (nSPS) is 32.0. The molecule has 3 atom stereocenters. The molecule has 0 amide bonds. The highest BCUT2D eigenvalue weighted by atomic mass is 15.6. The van der Waals surface area contributed by atoms with Crippen molar-refractivity contribution in [3.8, 4) is 0 Å². The van der Waals surface area contributed by atoms with E-state index in [4.69, 9.17) is 0 Å². The molecule has 1 N–H and O–H groups in total. The highest BCUT2D eigenvalue weighted by Gasteiger charge is 2.35. The van der Waals surface area contributed by atoms with Gasteiger partial charge in [0.1, 0.15) is 0 Å².